The quantitative estimate of drug-likeness (QED) is 0.825. The Kier molecular flexibility index (Phi) is 2.99. The SMILES string of the molecule is Cc1nn(C)c(C)c1-c1nc(C2CC2)c(I)c(=O)[nH]1. The Bertz CT molecular complexity index is 712. The third kappa shape index (κ3) is 2.11. The average molecular weight is 370 g/mol. The predicted molar refractivity (Wildman–Crippen MR) is 81.2 cm³/mol. The monoisotopic (exact) mass is 370 g/mol. The lowest BCUT2D eigenvalue weighted by molar-refractivity contribution is 0.731. The van der Waals surface area contributed by atoms with Crippen molar-refractivity contribution in [2.45, 2.75) is 32.6 Å². The maximum Gasteiger partial charge on any atom is 0.264 e. The highest BCUT2D eigenvalue weighted by molar-refractivity contribution is 14.1. The zero-order chi connectivity index (χ0) is 13.7. The first-order valence-electron chi connectivity index (χ1n) is 6.29. The van der Waals surface area contributed by atoms with E-state index in [1.165, 1.54) is 0 Å². The number of aryl methyl sites for hydroxylation is 2. The Labute approximate surface area is 124 Å². The lowest BCUT2D eigenvalue weighted by Crippen LogP contribution is -2.16. The molecule has 1 aliphatic carbocycles. The second-order valence-corrected chi connectivity index (χ2v) is 6.14. The molecule has 2 aromatic rings. The number of aromatic amines is 1. The van der Waals surface area contributed by atoms with Gasteiger partial charge in [0.05, 0.1) is 20.5 Å². The first-order valence-corrected chi connectivity index (χ1v) is 7.37. The van der Waals surface area contributed by atoms with E-state index in [1.54, 1.807) is 0 Å². The van der Waals surface area contributed by atoms with Crippen LogP contribution in [0.2, 0.25) is 0 Å². The van der Waals surface area contributed by atoms with Crippen molar-refractivity contribution in [2.24, 2.45) is 7.05 Å². The molecular weight excluding hydrogens is 355 g/mol. The minimum atomic E-state index is -0.0462. The summed E-state index contributed by atoms with van der Waals surface area (Å²) in [4.78, 5) is 19.6. The Morgan fingerprint density at radius 1 is 1.37 bits per heavy atom. The molecule has 5 nitrogen and oxygen atoms in total. The minimum absolute atomic E-state index is 0.0462. The van der Waals surface area contributed by atoms with Gasteiger partial charge in [-0.25, -0.2) is 4.98 Å². The van der Waals surface area contributed by atoms with Crippen LogP contribution in [0.25, 0.3) is 11.4 Å². The fraction of sp³-hybridized carbons (Fsp3) is 0.462. The van der Waals surface area contributed by atoms with E-state index in [2.05, 4.69) is 37.7 Å². The van der Waals surface area contributed by atoms with Crippen LogP contribution in [0.1, 0.15) is 35.8 Å². The topological polar surface area (TPSA) is 63.6 Å². The van der Waals surface area contributed by atoms with Crippen LogP contribution in [0.3, 0.4) is 0 Å². The summed E-state index contributed by atoms with van der Waals surface area (Å²) in [6.45, 7) is 3.93. The van der Waals surface area contributed by atoms with Gasteiger partial charge in [0.15, 0.2) is 0 Å². The molecule has 3 rings (SSSR count). The number of halogens is 1. The van der Waals surface area contributed by atoms with Crippen LogP contribution in [0.5, 0.6) is 0 Å². The van der Waals surface area contributed by atoms with Gasteiger partial charge in [-0.2, -0.15) is 5.10 Å². The number of rotatable bonds is 2. The van der Waals surface area contributed by atoms with Crippen molar-refractivity contribution in [1.29, 1.82) is 0 Å². The predicted octanol–water partition coefficient (Wildman–Crippen LogP) is 2.27. The number of nitrogens with zero attached hydrogens (tertiary/aromatic N) is 3. The molecule has 1 fully saturated rings. The summed E-state index contributed by atoms with van der Waals surface area (Å²) in [5.41, 5.74) is 3.75. The standard InChI is InChI=1S/C13H15IN4O/c1-6-9(7(2)18(3)17-6)12-15-11(8-4-5-8)10(14)13(19)16-12/h8H,4-5H2,1-3H3,(H,15,16,19). The molecule has 2 aromatic heterocycles. The van der Waals surface area contributed by atoms with E-state index in [0.29, 0.717) is 11.7 Å². The van der Waals surface area contributed by atoms with E-state index in [9.17, 15) is 4.79 Å². The fourth-order valence-corrected chi connectivity index (χ4v) is 3.03. The molecule has 0 radical (unpaired) electrons. The van der Waals surface area contributed by atoms with Crippen molar-refractivity contribution in [3.8, 4) is 11.4 Å². The second kappa shape index (κ2) is 4.43. The maximum atomic E-state index is 12.1. The normalized spacial score (nSPS) is 14.9. The van der Waals surface area contributed by atoms with E-state index >= 15 is 0 Å². The Hall–Kier alpha value is -1.18. The Morgan fingerprint density at radius 3 is 2.58 bits per heavy atom. The molecule has 0 saturated heterocycles. The van der Waals surface area contributed by atoms with Gasteiger partial charge in [-0.3, -0.25) is 9.48 Å². The Morgan fingerprint density at radius 2 is 2.05 bits per heavy atom. The van der Waals surface area contributed by atoms with Gasteiger partial charge in [0.25, 0.3) is 5.56 Å². The van der Waals surface area contributed by atoms with Gasteiger partial charge in [0.2, 0.25) is 0 Å². The molecule has 1 saturated carbocycles. The molecule has 6 heteroatoms. The molecule has 1 N–H and O–H groups in total. The number of hydrogen-bond donors (Lipinski definition) is 1. The molecule has 0 unspecified atom stereocenters. The summed E-state index contributed by atoms with van der Waals surface area (Å²) in [5.74, 6) is 1.11. The highest BCUT2D eigenvalue weighted by atomic mass is 127. The fourth-order valence-electron chi connectivity index (χ4n) is 2.34. The summed E-state index contributed by atoms with van der Waals surface area (Å²) >= 11 is 2.09. The van der Waals surface area contributed by atoms with Gasteiger partial charge in [-0.1, -0.05) is 0 Å². The van der Waals surface area contributed by atoms with Gasteiger partial charge >= 0.3 is 0 Å². The first kappa shape index (κ1) is 12.8. The second-order valence-electron chi connectivity index (χ2n) is 5.06. The third-order valence-corrected chi connectivity index (χ3v) is 4.64. The summed E-state index contributed by atoms with van der Waals surface area (Å²) in [7, 11) is 1.90. The third-order valence-electron chi connectivity index (χ3n) is 3.60. The first-order chi connectivity index (χ1) is 8.99. The van der Waals surface area contributed by atoms with E-state index in [4.69, 9.17) is 0 Å². The molecule has 0 bridgehead atoms. The zero-order valence-electron chi connectivity index (χ0n) is 11.1. The van der Waals surface area contributed by atoms with Gasteiger partial charge in [-0.05, 0) is 49.3 Å². The molecule has 100 valence electrons. The molecule has 0 spiro atoms. The number of nitrogens with one attached hydrogen (secondary N) is 1. The van der Waals surface area contributed by atoms with Crippen molar-refractivity contribution < 1.29 is 0 Å². The van der Waals surface area contributed by atoms with Crippen LogP contribution in [0, 0.1) is 17.4 Å². The van der Waals surface area contributed by atoms with Crippen molar-refractivity contribution >= 4 is 22.6 Å². The smallest absolute Gasteiger partial charge is 0.264 e. The van der Waals surface area contributed by atoms with E-state index in [-0.39, 0.29) is 5.56 Å². The minimum Gasteiger partial charge on any atom is -0.305 e. The number of H-pyrrole nitrogens is 1. The van der Waals surface area contributed by atoms with Crippen molar-refractivity contribution in [3.05, 3.63) is 31.0 Å². The highest BCUT2D eigenvalue weighted by Gasteiger charge is 2.29. The summed E-state index contributed by atoms with van der Waals surface area (Å²) in [6, 6.07) is 0. The lowest BCUT2D eigenvalue weighted by atomic mass is 10.1. The van der Waals surface area contributed by atoms with Crippen LogP contribution >= 0.6 is 22.6 Å². The van der Waals surface area contributed by atoms with Crippen LogP contribution in [0.15, 0.2) is 4.79 Å². The zero-order valence-corrected chi connectivity index (χ0v) is 13.3. The molecule has 19 heavy (non-hydrogen) atoms. The van der Waals surface area contributed by atoms with Gasteiger partial charge in [-0.15, -0.1) is 0 Å². The van der Waals surface area contributed by atoms with Crippen molar-refractivity contribution in [2.75, 3.05) is 0 Å². The van der Waals surface area contributed by atoms with E-state index in [1.807, 2.05) is 25.6 Å². The van der Waals surface area contributed by atoms with Crippen LogP contribution < -0.4 is 5.56 Å². The largest absolute Gasteiger partial charge is 0.305 e. The molecule has 0 aliphatic heterocycles. The summed E-state index contributed by atoms with van der Waals surface area (Å²) in [5, 5.41) is 4.38. The van der Waals surface area contributed by atoms with Crippen LogP contribution in [0.4, 0.5) is 0 Å². The van der Waals surface area contributed by atoms with Gasteiger partial charge in [0, 0.05) is 18.7 Å². The summed E-state index contributed by atoms with van der Waals surface area (Å²) in [6.07, 6.45) is 2.27. The van der Waals surface area contributed by atoms with Gasteiger partial charge in [0.1, 0.15) is 5.82 Å². The van der Waals surface area contributed by atoms with Crippen molar-refractivity contribution in [1.82, 2.24) is 19.7 Å². The average Bonchev–Trinajstić information content (AvgIpc) is 3.13. The van der Waals surface area contributed by atoms with Crippen molar-refractivity contribution in [3.63, 3.8) is 0 Å². The number of aromatic nitrogens is 4. The van der Waals surface area contributed by atoms with E-state index in [0.717, 1.165) is 39.1 Å². The van der Waals surface area contributed by atoms with Crippen LogP contribution in [-0.4, -0.2) is 19.7 Å². The highest BCUT2D eigenvalue weighted by Crippen LogP contribution is 2.40. The lowest BCUT2D eigenvalue weighted by Gasteiger charge is -2.06. The summed E-state index contributed by atoms with van der Waals surface area (Å²) < 4.78 is 2.54. The molecule has 0 atom stereocenters. The van der Waals surface area contributed by atoms with E-state index < -0.39 is 0 Å². The van der Waals surface area contributed by atoms with Gasteiger partial charge < -0.3 is 4.98 Å². The van der Waals surface area contributed by atoms with Crippen LogP contribution in [-0.2, 0) is 7.05 Å². The number of hydrogen-bond acceptors (Lipinski definition) is 3. The molecule has 2 heterocycles. The molecular formula is C13H15IN4O. The molecule has 0 aromatic carbocycles. The molecule has 0 amide bonds. The Balaban J connectivity index is 2.23. The molecule has 1 aliphatic rings. The maximum absolute atomic E-state index is 12.1.